The number of nitrogens with one attached hydrogen (secondary N) is 2. The van der Waals surface area contributed by atoms with Crippen molar-refractivity contribution in [2.24, 2.45) is 0 Å². The molecule has 0 spiro atoms. The van der Waals surface area contributed by atoms with Crippen molar-refractivity contribution >= 4 is 5.91 Å². The highest BCUT2D eigenvalue weighted by molar-refractivity contribution is 5.97. The van der Waals surface area contributed by atoms with E-state index in [-0.39, 0.29) is 24.8 Å². The van der Waals surface area contributed by atoms with Crippen molar-refractivity contribution in [1.29, 1.82) is 5.26 Å². The Morgan fingerprint density at radius 3 is 2.76 bits per heavy atom. The lowest BCUT2D eigenvalue weighted by atomic mass is 10.2. The zero-order chi connectivity index (χ0) is 13.1. The third kappa shape index (κ3) is 8.25. The first kappa shape index (κ1) is 15.4. The second-order valence-corrected chi connectivity index (χ2v) is 3.59. The van der Waals surface area contributed by atoms with Crippen molar-refractivity contribution < 1.29 is 14.6 Å². The fourth-order valence-electron chi connectivity index (χ4n) is 0.960. The van der Waals surface area contributed by atoms with Crippen molar-refractivity contribution in [3.63, 3.8) is 0 Å². The molecule has 0 unspecified atom stereocenters. The number of amides is 1. The van der Waals surface area contributed by atoms with Gasteiger partial charge >= 0.3 is 0 Å². The Balaban J connectivity index is 3.93. The van der Waals surface area contributed by atoms with Gasteiger partial charge in [-0.2, -0.15) is 5.26 Å². The Morgan fingerprint density at radius 1 is 1.53 bits per heavy atom. The van der Waals surface area contributed by atoms with Crippen LogP contribution in [0.2, 0.25) is 0 Å². The molecule has 0 aliphatic rings. The molecule has 0 aromatic heterocycles. The van der Waals surface area contributed by atoms with Crippen LogP contribution in [0.15, 0.2) is 11.8 Å². The predicted molar refractivity (Wildman–Crippen MR) is 62.9 cm³/mol. The quantitative estimate of drug-likeness (QED) is 0.303. The molecule has 6 heteroatoms. The number of nitriles is 1. The fourth-order valence-corrected chi connectivity index (χ4v) is 0.960. The van der Waals surface area contributed by atoms with Crippen LogP contribution in [-0.2, 0) is 9.53 Å². The number of hydrogen-bond donors (Lipinski definition) is 3. The van der Waals surface area contributed by atoms with Gasteiger partial charge in [0.2, 0.25) is 0 Å². The van der Waals surface area contributed by atoms with Crippen LogP contribution in [-0.4, -0.2) is 43.4 Å². The number of rotatable bonds is 8. The van der Waals surface area contributed by atoms with Crippen LogP contribution >= 0.6 is 0 Å². The van der Waals surface area contributed by atoms with Crippen molar-refractivity contribution in [3.8, 4) is 6.07 Å². The molecule has 0 atom stereocenters. The van der Waals surface area contributed by atoms with E-state index < -0.39 is 5.91 Å². The third-order valence-electron chi connectivity index (χ3n) is 1.66. The summed E-state index contributed by atoms with van der Waals surface area (Å²) in [6, 6.07) is 1.81. The first-order valence-electron chi connectivity index (χ1n) is 5.45. The molecule has 3 N–H and O–H groups in total. The van der Waals surface area contributed by atoms with E-state index in [4.69, 9.17) is 15.1 Å². The standard InChI is InChI=1S/C11H19N3O3/c1-9(2)14-11(16)10(7-12)8-13-3-5-17-6-4-15/h8-9,13,15H,3-6H2,1-2H3,(H,14,16)/b10-8-. The van der Waals surface area contributed by atoms with Crippen molar-refractivity contribution in [2.45, 2.75) is 19.9 Å². The summed E-state index contributed by atoms with van der Waals surface area (Å²) in [4.78, 5) is 11.4. The summed E-state index contributed by atoms with van der Waals surface area (Å²) in [5.74, 6) is -0.397. The lowest BCUT2D eigenvalue weighted by Crippen LogP contribution is -2.31. The van der Waals surface area contributed by atoms with Gasteiger partial charge < -0.3 is 20.5 Å². The molecular weight excluding hydrogens is 222 g/mol. The molecule has 0 rings (SSSR count). The summed E-state index contributed by atoms with van der Waals surface area (Å²) >= 11 is 0. The Hall–Kier alpha value is -1.58. The predicted octanol–water partition coefficient (Wildman–Crippen LogP) is -0.483. The van der Waals surface area contributed by atoms with Crippen molar-refractivity contribution in [3.05, 3.63) is 11.8 Å². The van der Waals surface area contributed by atoms with Crippen LogP contribution in [0.4, 0.5) is 0 Å². The van der Waals surface area contributed by atoms with Crippen LogP contribution < -0.4 is 10.6 Å². The Bertz CT molecular complexity index is 295. The lowest BCUT2D eigenvalue weighted by molar-refractivity contribution is -0.117. The van der Waals surface area contributed by atoms with Gasteiger partial charge in [0.05, 0.1) is 19.8 Å². The molecule has 17 heavy (non-hydrogen) atoms. The molecule has 0 bridgehead atoms. The number of carbonyl (C=O) groups is 1. The number of carbonyl (C=O) groups excluding carboxylic acids is 1. The van der Waals surface area contributed by atoms with Crippen molar-refractivity contribution in [2.75, 3.05) is 26.4 Å². The maximum absolute atomic E-state index is 11.4. The molecule has 6 nitrogen and oxygen atoms in total. The highest BCUT2D eigenvalue weighted by Crippen LogP contribution is 1.91. The SMILES string of the molecule is CC(C)NC(=O)/C(C#N)=C\NCCOCCO. The van der Waals surface area contributed by atoms with Crippen LogP contribution in [0.5, 0.6) is 0 Å². The minimum Gasteiger partial charge on any atom is -0.394 e. The average Bonchev–Trinajstić information content (AvgIpc) is 2.27. The van der Waals surface area contributed by atoms with Crippen LogP contribution in [0, 0.1) is 11.3 Å². The van der Waals surface area contributed by atoms with Crippen LogP contribution in [0.1, 0.15) is 13.8 Å². The van der Waals surface area contributed by atoms with Gasteiger partial charge in [-0.25, -0.2) is 0 Å². The summed E-state index contributed by atoms with van der Waals surface area (Å²) in [6.07, 6.45) is 1.36. The summed E-state index contributed by atoms with van der Waals surface area (Å²) in [7, 11) is 0. The monoisotopic (exact) mass is 241 g/mol. The first-order chi connectivity index (χ1) is 8.11. The Kier molecular flexibility index (Phi) is 8.74. The van der Waals surface area contributed by atoms with Gasteiger partial charge in [0.1, 0.15) is 11.6 Å². The molecule has 0 saturated heterocycles. The van der Waals surface area contributed by atoms with E-state index in [9.17, 15) is 4.79 Å². The summed E-state index contributed by atoms with van der Waals surface area (Å²) in [5, 5.41) is 22.6. The molecule has 0 aliphatic carbocycles. The number of aliphatic hydroxyl groups is 1. The van der Waals surface area contributed by atoms with E-state index in [0.717, 1.165) is 0 Å². The molecule has 0 aromatic carbocycles. The smallest absolute Gasteiger partial charge is 0.263 e. The number of hydrogen-bond acceptors (Lipinski definition) is 5. The number of ether oxygens (including phenoxy) is 1. The topological polar surface area (TPSA) is 94.4 Å². The summed E-state index contributed by atoms with van der Waals surface area (Å²) < 4.78 is 5.00. The molecule has 0 radical (unpaired) electrons. The highest BCUT2D eigenvalue weighted by atomic mass is 16.5. The molecule has 0 heterocycles. The van der Waals surface area contributed by atoms with Gasteiger partial charge in [-0.15, -0.1) is 0 Å². The van der Waals surface area contributed by atoms with E-state index in [1.807, 2.05) is 19.9 Å². The van der Waals surface area contributed by atoms with E-state index in [2.05, 4.69) is 10.6 Å². The largest absolute Gasteiger partial charge is 0.394 e. The maximum Gasteiger partial charge on any atom is 0.263 e. The fraction of sp³-hybridized carbons (Fsp3) is 0.636. The molecule has 0 aliphatic heterocycles. The number of nitrogens with zero attached hydrogens (tertiary/aromatic N) is 1. The van der Waals surface area contributed by atoms with Gasteiger partial charge in [0.15, 0.2) is 0 Å². The lowest BCUT2D eigenvalue weighted by Gasteiger charge is -2.07. The maximum atomic E-state index is 11.4. The minimum atomic E-state index is -0.397. The first-order valence-corrected chi connectivity index (χ1v) is 5.45. The van der Waals surface area contributed by atoms with Gasteiger partial charge in [-0.3, -0.25) is 4.79 Å². The average molecular weight is 241 g/mol. The molecule has 0 aromatic rings. The van der Waals surface area contributed by atoms with Crippen LogP contribution in [0.25, 0.3) is 0 Å². The zero-order valence-corrected chi connectivity index (χ0v) is 10.2. The van der Waals surface area contributed by atoms with Crippen molar-refractivity contribution in [1.82, 2.24) is 10.6 Å². The molecule has 0 fully saturated rings. The van der Waals surface area contributed by atoms with Gasteiger partial charge in [0, 0.05) is 18.8 Å². The van der Waals surface area contributed by atoms with E-state index in [1.54, 1.807) is 0 Å². The Labute approximate surface area is 101 Å². The molecule has 1 amide bonds. The third-order valence-corrected chi connectivity index (χ3v) is 1.66. The van der Waals surface area contributed by atoms with Gasteiger partial charge in [-0.1, -0.05) is 0 Å². The Morgan fingerprint density at radius 2 is 2.24 bits per heavy atom. The van der Waals surface area contributed by atoms with E-state index in [1.165, 1.54) is 6.20 Å². The molecule has 0 saturated carbocycles. The second kappa shape index (κ2) is 9.63. The van der Waals surface area contributed by atoms with Gasteiger partial charge in [-0.05, 0) is 13.8 Å². The molecular formula is C11H19N3O3. The number of aliphatic hydroxyl groups excluding tert-OH is 1. The van der Waals surface area contributed by atoms with E-state index >= 15 is 0 Å². The second-order valence-electron chi connectivity index (χ2n) is 3.59. The summed E-state index contributed by atoms with van der Waals surface area (Å²) in [6.45, 7) is 4.79. The minimum absolute atomic E-state index is 0.00728. The highest BCUT2D eigenvalue weighted by Gasteiger charge is 2.08. The van der Waals surface area contributed by atoms with Crippen LogP contribution in [0.3, 0.4) is 0 Å². The van der Waals surface area contributed by atoms with E-state index in [0.29, 0.717) is 13.2 Å². The zero-order valence-electron chi connectivity index (χ0n) is 10.2. The molecule has 96 valence electrons. The summed E-state index contributed by atoms with van der Waals surface area (Å²) in [5.41, 5.74) is 0.0286. The van der Waals surface area contributed by atoms with Gasteiger partial charge in [0.25, 0.3) is 5.91 Å². The normalized spacial score (nSPS) is 11.1.